The lowest BCUT2D eigenvalue weighted by Gasteiger charge is -2.09. The first-order valence-electron chi connectivity index (χ1n) is 7.90. The highest BCUT2D eigenvalue weighted by Crippen LogP contribution is 2.25. The van der Waals surface area contributed by atoms with Gasteiger partial charge in [0, 0.05) is 6.54 Å². The van der Waals surface area contributed by atoms with E-state index in [9.17, 15) is 9.59 Å². The van der Waals surface area contributed by atoms with Crippen LogP contribution in [0.15, 0.2) is 48.5 Å². The summed E-state index contributed by atoms with van der Waals surface area (Å²) in [4.78, 5) is 23.3. The van der Waals surface area contributed by atoms with Crippen LogP contribution in [0, 0.1) is 6.92 Å². The zero-order chi connectivity index (χ0) is 18.1. The minimum atomic E-state index is -0.629. The maximum Gasteiger partial charge on any atom is 0.344 e. The number of benzene rings is 2. The highest BCUT2D eigenvalue weighted by molar-refractivity contribution is 6.32. The van der Waals surface area contributed by atoms with Crippen LogP contribution in [0.5, 0.6) is 5.75 Å². The van der Waals surface area contributed by atoms with Gasteiger partial charge in [0.1, 0.15) is 5.75 Å². The van der Waals surface area contributed by atoms with Gasteiger partial charge < -0.3 is 14.8 Å². The van der Waals surface area contributed by atoms with E-state index in [1.54, 1.807) is 12.1 Å². The van der Waals surface area contributed by atoms with E-state index in [2.05, 4.69) is 5.32 Å². The third-order valence-corrected chi connectivity index (χ3v) is 3.69. The molecule has 0 aliphatic rings. The van der Waals surface area contributed by atoms with Crippen molar-refractivity contribution in [1.29, 1.82) is 0 Å². The molecule has 0 aromatic heterocycles. The Balaban J connectivity index is 1.64. The Labute approximate surface area is 151 Å². The molecule has 1 N–H and O–H groups in total. The van der Waals surface area contributed by atoms with E-state index in [-0.39, 0.29) is 19.1 Å². The maximum absolute atomic E-state index is 11.7. The third-order valence-electron chi connectivity index (χ3n) is 3.38. The summed E-state index contributed by atoms with van der Waals surface area (Å²) >= 11 is 5.97. The van der Waals surface area contributed by atoms with Crippen LogP contribution < -0.4 is 10.1 Å². The molecule has 1 amide bonds. The van der Waals surface area contributed by atoms with E-state index >= 15 is 0 Å². The zero-order valence-electron chi connectivity index (χ0n) is 14.0. The van der Waals surface area contributed by atoms with E-state index < -0.39 is 5.97 Å². The van der Waals surface area contributed by atoms with Crippen LogP contribution in [0.4, 0.5) is 0 Å². The molecule has 0 fully saturated rings. The van der Waals surface area contributed by atoms with Crippen molar-refractivity contribution >= 4 is 23.5 Å². The average Bonchev–Trinajstić information content (AvgIpc) is 2.61. The molecule has 5 nitrogen and oxygen atoms in total. The normalized spacial score (nSPS) is 10.2. The highest BCUT2D eigenvalue weighted by atomic mass is 35.5. The molecule has 0 aliphatic carbocycles. The molecule has 25 heavy (non-hydrogen) atoms. The number of nitrogens with one attached hydrogen (secondary N) is 1. The molecule has 2 rings (SSSR count). The number of aryl methyl sites for hydroxylation is 1. The van der Waals surface area contributed by atoms with Crippen molar-refractivity contribution in [2.24, 2.45) is 0 Å². The fourth-order valence-corrected chi connectivity index (χ4v) is 2.26. The lowest BCUT2D eigenvalue weighted by atomic mass is 10.1. The molecule has 2 aromatic rings. The molecule has 0 atom stereocenters. The topological polar surface area (TPSA) is 64.6 Å². The van der Waals surface area contributed by atoms with Crippen LogP contribution in [-0.4, -0.2) is 31.6 Å². The second-order valence-corrected chi connectivity index (χ2v) is 5.88. The van der Waals surface area contributed by atoms with Gasteiger partial charge in [-0.05, 0) is 36.6 Å². The van der Waals surface area contributed by atoms with Crippen molar-refractivity contribution in [1.82, 2.24) is 5.32 Å². The van der Waals surface area contributed by atoms with Gasteiger partial charge in [0.05, 0.1) is 5.02 Å². The summed E-state index contributed by atoms with van der Waals surface area (Å²) in [5.74, 6) is -0.570. The van der Waals surface area contributed by atoms with Gasteiger partial charge in [-0.25, -0.2) is 4.79 Å². The Morgan fingerprint density at radius 3 is 2.60 bits per heavy atom. The quantitative estimate of drug-likeness (QED) is 0.734. The predicted molar refractivity (Wildman–Crippen MR) is 95.8 cm³/mol. The predicted octanol–water partition coefficient (Wildman–Crippen LogP) is 2.93. The summed E-state index contributed by atoms with van der Waals surface area (Å²) in [7, 11) is 0. The third kappa shape index (κ3) is 6.85. The average molecular weight is 362 g/mol. The number of amides is 1. The zero-order valence-corrected chi connectivity index (χ0v) is 14.7. The monoisotopic (exact) mass is 361 g/mol. The van der Waals surface area contributed by atoms with E-state index in [0.29, 0.717) is 17.3 Å². The van der Waals surface area contributed by atoms with Crippen LogP contribution in [0.3, 0.4) is 0 Å². The van der Waals surface area contributed by atoms with Crippen molar-refractivity contribution < 1.29 is 19.1 Å². The Bertz CT molecular complexity index is 719. The minimum absolute atomic E-state index is 0.305. The Kier molecular flexibility index (Phi) is 7.29. The molecule has 2 aromatic carbocycles. The number of ether oxygens (including phenoxy) is 2. The molecule has 0 heterocycles. The van der Waals surface area contributed by atoms with Crippen LogP contribution in [0.1, 0.15) is 11.1 Å². The Hall–Kier alpha value is -2.53. The first-order valence-corrected chi connectivity index (χ1v) is 8.27. The maximum atomic E-state index is 11.7. The largest absolute Gasteiger partial charge is 0.480 e. The summed E-state index contributed by atoms with van der Waals surface area (Å²) in [6, 6.07) is 15.1. The SMILES string of the molecule is Cc1ccc(Cl)c(OCC(=O)OCC(=O)NCCc2ccccc2)c1. The van der Waals surface area contributed by atoms with Gasteiger partial charge in [-0.15, -0.1) is 0 Å². The second-order valence-electron chi connectivity index (χ2n) is 5.47. The van der Waals surface area contributed by atoms with Gasteiger partial charge in [-0.3, -0.25) is 4.79 Å². The molecule has 132 valence electrons. The summed E-state index contributed by atoms with van der Waals surface area (Å²) in [6.45, 7) is 1.73. The Morgan fingerprint density at radius 1 is 1.08 bits per heavy atom. The van der Waals surface area contributed by atoms with Crippen LogP contribution in [0.2, 0.25) is 5.02 Å². The molecule has 6 heteroatoms. The molecule has 0 radical (unpaired) electrons. The van der Waals surface area contributed by atoms with Crippen molar-refractivity contribution in [3.8, 4) is 5.75 Å². The van der Waals surface area contributed by atoms with Gasteiger partial charge >= 0.3 is 5.97 Å². The Morgan fingerprint density at radius 2 is 1.84 bits per heavy atom. The molecular weight excluding hydrogens is 342 g/mol. The number of rotatable bonds is 8. The van der Waals surface area contributed by atoms with E-state index in [4.69, 9.17) is 21.1 Å². The van der Waals surface area contributed by atoms with E-state index in [0.717, 1.165) is 17.5 Å². The molecule has 0 bridgehead atoms. The first-order chi connectivity index (χ1) is 12.0. The van der Waals surface area contributed by atoms with Crippen LogP contribution in [-0.2, 0) is 20.7 Å². The number of carbonyl (C=O) groups is 2. The summed E-state index contributed by atoms with van der Waals surface area (Å²) < 4.78 is 10.2. The minimum Gasteiger partial charge on any atom is -0.480 e. The van der Waals surface area contributed by atoms with E-state index in [1.165, 1.54) is 0 Å². The van der Waals surface area contributed by atoms with Crippen molar-refractivity contribution in [3.05, 3.63) is 64.7 Å². The summed E-state index contributed by atoms with van der Waals surface area (Å²) in [5, 5.41) is 3.11. The van der Waals surface area contributed by atoms with Gasteiger partial charge in [0.15, 0.2) is 13.2 Å². The summed E-state index contributed by atoms with van der Waals surface area (Å²) in [5.41, 5.74) is 2.09. The lowest BCUT2D eigenvalue weighted by Crippen LogP contribution is -2.31. The van der Waals surface area contributed by atoms with Gasteiger partial charge in [-0.1, -0.05) is 48.0 Å². The fraction of sp³-hybridized carbons (Fsp3) is 0.263. The molecule has 0 spiro atoms. The number of hydrogen-bond donors (Lipinski definition) is 1. The van der Waals surface area contributed by atoms with E-state index in [1.807, 2.05) is 43.3 Å². The summed E-state index contributed by atoms with van der Waals surface area (Å²) in [6.07, 6.45) is 0.718. The van der Waals surface area contributed by atoms with Crippen molar-refractivity contribution in [2.75, 3.05) is 19.8 Å². The molecule has 0 aliphatic heterocycles. The number of hydrogen-bond acceptors (Lipinski definition) is 4. The molecular formula is C19H20ClNO4. The van der Waals surface area contributed by atoms with Gasteiger partial charge in [0.25, 0.3) is 5.91 Å². The number of esters is 1. The molecule has 0 saturated carbocycles. The van der Waals surface area contributed by atoms with Gasteiger partial charge in [0.2, 0.25) is 0 Å². The van der Waals surface area contributed by atoms with Crippen LogP contribution >= 0.6 is 11.6 Å². The van der Waals surface area contributed by atoms with Gasteiger partial charge in [-0.2, -0.15) is 0 Å². The fourth-order valence-electron chi connectivity index (χ4n) is 2.09. The second kappa shape index (κ2) is 9.69. The number of halogens is 1. The van der Waals surface area contributed by atoms with Crippen molar-refractivity contribution in [2.45, 2.75) is 13.3 Å². The van der Waals surface area contributed by atoms with Crippen molar-refractivity contribution in [3.63, 3.8) is 0 Å². The highest BCUT2D eigenvalue weighted by Gasteiger charge is 2.10. The van der Waals surface area contributed by atoms with Crippen LogP contribution in [0.25, 0.3) is 0 Å². The first kappa shape index (κ1) is 18.8. The molecule has 0 unspecified atom stereocenters. The number of carbonyl (C=O) groups excluding carboxylic acids is 2. The standard InChI is InChI=1S/C19H20ClNO4/c1-14-7-8-16(20)17(11-14)24-13-19(23)25-12-18(22)21-10-9-15-5-3-2-4-6-15/h2-8,11H,9-10,12-13H2,1H3,(H,21,22). The smallest absolute Gasteiger partial charge is 0.344 e. The molecule has 0 saturated heterocycles. The lowest BCUT2D eigenvalue weighted by molar-refractivity contribution is -0.150.